The molecule has 0 bridgehead atoms. The highest BCUT2D eigenvalue weighted by Gasteiger charge is 2.20. The fraction of sp³-hybridized carbons (Fsp3) is 0.118. The highest BCUT2D eigenvalue weighted by atomic mass is 19.1. The minimum Gasteiger partial charge on any atom is -0.465 e. The zero-order valence-corrected chi connectivity index (χ0v) is 12.0. The maximum Gasteiger partial charge on any atom is 0.250 e. The first-order chi connectivity index (χ1) is 11.1. The Balaban J connectivity index is 1.64. The molecule has 0 radical (unpaired) electrons. The van der Waals surface area contributed by atoms with Crippen LogP contribution in [0, 0.1) is 5.82 Å². The molecule has 0 N–H and O–H groups in total. The number of aromatic nitrogens is 1. The number of carbonyl (C=O) groups excluding carboxylic acids is 2. The van der Waals surface area contributed by atoms with E-state index in [0.717, 1.165) is 5.56 Å². The van der Waals surface area contributed by atoms with Crippen molar-refractivity contribution >= 4 is 11.6 Å². The van der Waals surface area contributed by atoms with Crippen LogP contribution in [0.5, 0.6) is 0 Å². The lowest BCUT2D eigenvalue weighted by Crippen LogP contribution is -2.16. The molecule has 116 valence electrons. The first-order valence-electron chi connectivity index (χ1n) is 6.92. The molecule has 6 heteroatoms. The van der Waals surface area contributed by atoms with Crippen molar-refractivity contribution in [1.29, 1.82) is 0 Å². The molecule has 0 aliphatic rings. The van der Waals surface area contributed by atoms with Gasteiger partial charge in [-0.2, -0.15) is 0 Å². The lowest BCUT2D eigenvalue weighted by atomic mass is 10.1. The Hall–Kier alpha value is -3.02. The minimum absolute atomic E-state index is 0.0203. The molecule has 23 heavy (non-hydrogen) atoms. The molecule has 3 aromatic rings. The molecule has 0 atom stereocenters. The molecule has 2 heterocycles. The molecule has 0 unspecified atom stereocenters. The summed E-state index contributed by atoms with van der Waals surface area (Å²) < 4.78 is 22.9. The van der Waals surface area contributed by atoms with E-state index < -0.39 is 11.6 Å². The quantitative estimate of drug-likeness (QED) is 0.516. The van der Waals surface area contributed by atoms with E-state index in [9.17, 15) is 14.0 Å². The molecular formula is C17H12FNO4. The summed E-state index contributed by atoms with van der Waals surface area (Å²) in [4.78, 5) is 23.7. The predicted octanol–water partition coefficient (Wildman–Crippen LogP) is 2.99. The average Bonchev–Trinajstić information content (AvgIpc) is 3.21. The number of halogens is 1. The van der Waals surface area contributed by atoms with Gasteiger partial charge in [0.25, 0.3) is 5.78 Å². The number of nitrogens with zero attached hydrogens (tertiary/aromatic N) is 1. The Morgan fingerprint density at radius 2 is 1.74 bits per heavy atom. The second-order valence-electron chi connectivity index (χ2n) is 4.99. The molecule has 0 saturated heterocycles. The van der Waals surface area contributed by atoms with Crippen LogP contribution in [0.15, 0.2) is 57.7 Å². The fourth-order valence-corrected chi connectivity index (χ4v) is 2.13. The second kappa shape index (κ2) is 6.39. The number of carbonyl (C=O) groups is 2. The Morgan fingerprint density at radius 1 is 1.00 bits per heavy atom. The van der Waals surface area contributed by atoms with Gasteiger partial charge in [-0.05, 0) is 29.8 Å². The predicted molar refractivity (Wildman–Crippen MR) is 77.5 cm³/mol. The molecule has 0 saturated carbocycles. The first kappa shape index (κ1) is 14.9. The molecule has 5 nitrogen and oxygen atoms in total. The van der Waals surface area contributed by atoms with Gasteiger partial charge in [-0.15, -0.1) is 0 Å². The van der Waals surface area contributed by atoms with Gasteiger partial charge in [-0.3, -0.25) is 9.59 Å². The van der Waals surface area contributed by atoms with Gasteiger partial charge in [0, 0.05) is 12.5 Å². The number of Topliss-reactive ketones (excluding diaryl/α,β-unsaturated/α-hetero) is 2. The summed E-state index contributed by atoms with van der Waals surface area (Å²) in [6.45, 7) is 0. The third-order valence-corrected chi connectivity index (χ3v) is 3.27. The summed E-state index contributed by atoms with van der Waals surface area (Å²) >= 11 is 0. The number of benzene rings is 1. The second-order valence-corrected chi connectivity index (χ2v) is 4.99. The van der Waals surface area contributed by atoms with E-state index >= 15 is 0 Å². The Bertz CT molecular complexity index is 819. The van der Waals surface area contributed by atoms with Crippen LogP contribution in [0.25, 0.3) is 0 Å². The zero-order valence-electron chi connectivity index (χ0n) is 12.0. The molecule has 0 aliphatic heterocycles. The summed E-state index contributed by atoms with van der Waals surface area (Å²) in [7, 11) is 0. The molecule has 0 spiro atoms. The summed E-state index contributed by atoms with van der Waals surface area (Å²) in [5, 5.41) is 3.44. The number of furan rings is 1. The van der Waals surface area contributed by atoms with Gasteiger partial charge in [-0.1, -0.05) is 17.3 Å². The summed E-state index contributed by atoms with van der Waals surface area (Å²) in [5.74, 6) is -0.611. The lowest BCUT2D eigenvalue weighted by molar-refractivity contribution is -0.114. The van der Waals surface area contributed by atoms with E-state index in [4.69, 9.17) is 4.42 Å². The van der Waals surface area contributed by atoms with Crippen LogP contribution >= 0.6 is 0 Å². The Kier molecular flexibility index (Phi) is 4.14. The Labute approximate surface area is 130 Å². The maximum atomic E-state index is 12.9. The Morgan fingerprint density at radius 3 is 2.43 bits per heavy atom. The van der Waals surface area contributed by atoms with Crippen LogP contribution in [-0.4, -0.2) is 16.7 Å². The van der Waals surface area contributed by atoms with Crippen LogP contribution in [-0.2, 0) is 17.6 Å². The highest BCUT2D eigenvalue weighted by Crippen LogP contribution is 2.15. The summed E-state index contributed by atoms with van der Waals surface area (Å²) in [6, 6.07) is 10.8. The zero-order chi connectivity index (χ0) is 16.2. The smallest absolute Gasteiger partial charge is 0.250 e. The average molecular weight is 313 g/mol. The maximum absolute atomic E-state index is 12.9. The van der Waals surface area contributed by atoms with E-state index in [0.29, 0.717) is 17.9 Å². The number of hydrogen-bond donors (Lipinski definition) is 0. The van der Waals surface area contributed by atoms with Gasteiger partial charge in [0.15, 0.2) is 5.69 Å². The number of hydrogen-bond acceptors (Lipinski definition) is 5. The third kappa shape index (κ3) is 3.60. The van der Waals surface area contributed by atoms with E-state index in [-0.39, 0.29) is 17.9 Å². The number of rotatable bonds is 6. The third-order valence-electron chi connectivity index (χ3n) is 3.27. The van der Waals surface area contributed by atoms with Crippen molar-refractivity contribution in [2.75, 3.05) is 0 Å². The van der Waals surface area contributed by atoms with Gasteiger partial charge >= 0.3 is 0 Å². The van der Waals surface area contributed by atoms with Crippen molar-refractivity contribution in [2.45, 2.75) is 12.8 Å². The van der Waals surface area contributed by atoms with Gasteiger partial charge in [0.05, 0.1) is 6.42 Å². The van der Waals surface area contributed by atoms with Crippen molar-refractivity contribution in [1.82, 2.24) is 5.16 Å². The van der Waals surface area contributed by atoms with Crippen LogP contribution in [0.1, 0.15) is 27.6 Å². The van der Waals surface area contributed by atoms with E-state index in [2.05, 4.69) is 9.68 Å². The van der Waals surface area contributed by atoms with Crippen molar-refractivity contribution in [3.05, 3.63) is 77.3 Å². The van der Waals surface area contributed by atoms with Crippen LogP contribution in [0.3, 0.4) is 0 Å². The van der Waals surface area contributed by atoms with Crippen molar-refractivity contribution in [3.8, 4) is 0 Å². The van der Waals surface area contributed by atoms with Gasteiger partial charge < -0.3 is 8.94 Å². The standard InChI is InChI=1S/C17H12FNO4/c18-12-3-1-11(2-4-12)9-13-5-6-14(23-13)10-16(20)17(21)15-7-8-22-19-15/h1-8H,9-10H2. The van der Waals surface area contributed by atoms with Gasteiger partial charge in [0.1, 0.15) is 23.6 Å². The molecule has 3 rings (SSSR count). The van der Waals surface area contributed by atoms with E-state index in [1.165, 1.54) is 24.5 Å². The topological polar surface area (TPSA) is 73.3 Å². The lowest BCUT2D eigenvalue weighted by Gasteiger charge is -1.99. The molecule has 0 amide bonds. The summed E-state index contributed by atoms with van der Waals surface area (Å²) in [6.07, 6.45) is 1.56. The highest BCUT2D eigenvalue weighted by molar-refractivity contribution is 6.43. The van der Waals surface area contributed by atoms with Crippen LogP contribution < -0.4 is 0 Å². The van der Waals surface area contributed by atoms with E-state index in [1.54, 1.807) is 24.3 Å². The fourth-order valence-electron chi connectivity index (χ4n) is 2.13. The minimum atomic E-state index is -0.713. The van der Waals surface area contributed by atoms with Crippen molar-refractivity contribution < 1.29 is 22.9 Å². The van der Waals surface area contributed by atoms with E-state index in [1.807, 2.05) is 0 Å². The summed E-state index contributed by atoms with van der Waals surface area (Å²) in [5.41, 5.74) is 0.866. The SMILES string of the molecule is O=C(Cc1ccc(Cc2ccc(F)cc2)o1)C(=O)c1ccon1. The van der Waals surface area contributed by atoms with Crippen LogP contribution in [0.4, 0.5) is 4.39 Å². The molecular weight excluding hydrogens is 301 g/mol. The first-order valence-corrected chi connectivity index (χ1v) is 6.92. The van der Waals surface area contributed by atoms with Crippen LogP contribution in [0.2, 0.25) is 0 Å². The molecule has 2 aromatic heterocycles. The largest absolute Gasteiger partial charge is 0.465 e. The molecule has 1 aromatic carbocycles. The number of ketones is 2. The van der Waals surface area contributed by atoms with Gasteiger partial charge in [0.2, 0.25) is 5.78 Å². The normalized spacial score (nSPS) is 10.7. The van der Waals surface area contributed by atoms with Gasteiger partial charge in [-0.25, -0.2) is 4.39 Å². The van der Waals surface area contributed by atoms with Crippen molar-refractivity contribution in [3.63, 3.8) is 0 Å². The van der Waals surface area contributed by atoms with Crippen molar-refractivity contribution in [2.24, 2.45) is 0 Å². The monoisotopic (exact) mass is 313 g/mol. The molecule has 0 aliphatic carbocycles. The molecule has 0 fully saturated rings.